The van der Waals surface area contributed by atoms with Gasteiger partial charge in [-0.1, -0.05) is 24.3 Å². The molecular weight excluding hydrogens is 320 g/mol. The summed E-state index contributed by atoms with van der Waals surface area (Å²) in [5.74, 6) is 0.237. The van der Waals surface area contributed by atoms with Crippen LogP contribution in [0.3, 0.4) is 0 Å². The van der Waals surface area contributed by atoms with Crippen LogP contribution in [0.5, 0.6) is 0 Å². The average molecular weight is 336 g/mol. The molecule has 0 saturated carbocycles. The molecule has 0 aliphatic carbocycles. The van der Waals surface area contributed by atoms with Gasteiger partial charge in [-0.15, -0.1) is 11.3 Å². The minimum Gasteiger partial charge on any atom is -0.329 e. The van der Waals surface area contributed by atoms with Crippen molar-refractivity contribution >= 4 is 34.1 Å². The summed E-state index contributed by atoms with van der Waals surface area (Å²) in [6, 6.07) is 11.9. The van der Waals surface area contributed by atoms with Crippen LogP contribution < -0.4 is 0 Å². The molecule has 1 unspecified atom stereocenters. The van der Waals surface area contributed by atoms with E-state index in [2.05, 4.69) is 6.07 Å². The number of aromatic nitrogens is 1. The maximum atomic E-state index is 12.9. The minimum atomic E-state index is 0.00782. The van der Waals surface area contributed by atoms with E-state index in [9.17, 15) is 9.59 Å². The summed E-state index contributed by atoms with van der Waals surface area (Å²) in [5, 5.41) is 3.10. The molecule has 1 amide bonds. The molecule has 4 nitrogen and oxygen atoms in total. The number of carbonyl (C=O) groups excluding carboxylic acids is 2. The third-order valence-electron chi connectivity index (χ3n) is 5.19. The number of nitrogens with zero attached hydrogens (tertiary/aromatic N) is 2. The first-order valence-electron chi connectivity index (χ1n) is 8.25. The molecule has 1 atom stereocenters. The highest BCUT2D eigenvalue weighted by atomic mass is 32.1. The lowest BCUT2D eigenvalue weighted by Gasteiger charge is -2.38. The van der Waals surface area contributed by atoms with Crippen LogP contribution in [0.4, 0.5) is 0 Å². The fourth-order valence-corrected chi connectivity index (χ4v) is 4.87. The second-order valence-electron chi connectivity index (χ2n) is 6.39. The Morgan fingerprint density at radius 1 is 1.12 bits per heavy atom. The Bertz CT molecular complexity index is 971. The highest BCUT2D eigenvalue weighted by Crippen LogP contribution is 2.42. The van der Waals surface area contributed by atoms with Gasteiger partial charge in [0.05, 0.1) is 22.1 Å². The van der Waals surface area contributed by atoms with Crippen molar-refractivity contribution in [2.24, 2.45) is 0 Å². The molecule has 0 fully saturated rings. The van der Waals surface area contributed by atoms with E-state index in [4.69, 9.17) is 0 Å². The summed E-state index contributed by atoms with van der Waals surface area (Å²) in [5.41, 5.74) is 3.28. The summed E-state index contributed by atoms with van der Waals surface area (Å²) in [4.78, 5) is 28.2. The van der Waals surface area contributed by atoms with Crippen LogP contribution in [-0.2, 0) is 6.42 Å². The van der Waals surface area contributed by atoms with Gasteiger partial charge in [0.15, 0.2) is 0 Å². The number of carbonyl (C=O) groups is 2. The second-order valence-corrected chi connectivity index (χ2v) is 7.34. The molecule has 2 aliphatic heterocycles. The average Bonchev–Trinajstić information content (AvgIpc) is 3.25. The van der Waals surface area contributed by atoms with Gasteiger partial charge in [0, 0.05) is 18.4 Å². The zero-order valence-electron chi connectivity index (χ0n) is 13.1. The van der Waals surface area contributed by atoms with Crippen LogP contribution in [0.15, 0.2) is 41.8 Å². The van der Waals surface area contributed by atoms with Crippen LogP contribution in [0.25, 0.3) is 10.9 Å². The van der Waals surface area contributed by atoms with E-state index in [1.807, 2.05) is 45.2 Å². The molecular formula is C19H16N2O2S. The van der Waals surface area contributed by atoms with Gasteiger partial charge in [-0.2, -0.15) is 0 Å². The van der Waals surface area contributed by atoms with Gasteiger partial charge in [-0.3, -0.25) is 14.2 Å². The fraction of sp³-hybridized carbons (Fsp3) is 0.263. The van der Waals surface area contributed by atoms with E-state index in [-0.39, 0.29) is 17.9 Å². The summed E-state index contributed by atoms with van der Waals surface area (Å²) >= 11 is 1.48. The third kappa shape index (κ3) is 1.79. The van der Waals surface area contributed by atoms with Crippen LogP contribution >= 0.6 is 11.3 Å². The van der Waals surface area contributed by atoms with Gasteiger partial charge >= 0.3 is 0 Å². The molecule has 0 N–H and O–H groups in total. The number of thiophene rings is 1. The molecule has 0 bridgehead atoms. The van der Waals surface area contributed by atoms with Crippen molar-refractivity contribution in [3.63, 3.8) is 0 Å². The molecule has 120 valence electrons. The predicted octanol–water partition coefficient (Wildman–Crippen LogP) is 3.88. The van der Waals surface area contributed by atoms with Gasteiger partial charge < -0.3 is 4.90 Å². The summed E-state index contributed by atoms with van der Waals surface area (Å²) in [6.45, 7) is 0.719. The van der Waals surface area contributed by atoms with E-state index in [0.717, 1.165) is 40.9 Å². The summed E-state index contributed by atoms with van der Waals surface area (Å²) < 4.78 is 1.87. The van der Waals surface area contributed by atoms with Crippen molar-refractivity contribution in [1.29, 1.82) is 0 Å². The molecule has 0 saturated heterocycles. The number of hydrogen-bond donors (Lipinski definition) is 0. The quantitative estimate of drug-likeness (QED) is 0.677. The number of hydrogen-bond acceptors (Lipinski definition) is 3. The number of rotatable bonds is 1. The van der Waals surface area contributed by atoms with Crippen LogP contribution in [-0.4, -0.2) is 27.8 Å². The Morgan fingerprint density at radius 3 is 2.83 bits per heavy atom. The zero-order chi connectivity index (χ0) is 16.3. The van der Waals surface area contributed by atoms with E-state index in [1.165, 1.54) is 16.9 Å². The molecule has 5 heteroatoms. The fourth-order valence-electron chi connectivity index (χ4n) is 4.19. The Labute approximate surface area is 143 Å². The molecule has 0 spiro atoms. The highest BCUT2D eigenvalue weighted by molar-refractivity contribution is 7.12. The van der Waals surface area contributed by atoms with Gasteiger partial charge in [0.25, 0.3) is 5.91 Å². The normalized spacial score (nSPS) is 19.6. The maximum Gasteiger partial charge on any atom is 0.264 e. The zero-order valence-corrected chi connectivity index (χ0v) is 13.9. The standard InChI is InChI=1S/C19H16N2O2S/c22-17-8-7-15-18-13(12-4-1-2-5-14(12)21(17)18)9-10-20(15)19(23)16-6-3-11-24-16/h1-6,11,15H,7-10H2. The van der Waals surface area contributed by atoms with E-state index < -0.39 is 0 Å². The van der Waals surface area contributed by atoms with E-state index >= 15 is 0 Å². The first kappa shape index (κ1) is 14.0. The van der Waals surface area contributed by atoms with Crippen molar-refractivity contribution in [3.05, 3.63) is 57.9 Å². The number of fused-ring (bicyclic) bond motifs is 3. The summed E-state index contributed by atoms with van der Waals surface area (Å²) in [6.07, 6.45) is 2.02. The summed E-state index contributed by atoms with van der Waals surface area (Å²) in [7, 11) is 0. The molecule has 0 radical (unpaired) electrons. The van der Waals surface area contributed by atoms with Crippen LogP contribution in [0.2, 0.25) is 0 Å². The van der Waals surface area contributed by atoms with Crippen LogP contribution in [0.1, 0.15) is 44.6 Å². The largest absolute Gasteiger partial charge is 0.329 e. The molecule has 2 aliphatic rings. The minimum absolute atomic E-state index is 0.00782. The lowest BCUT2D eigenvalue weighted by Crippen LogP contribution is -2.43. The van der Waals surface area contributed by atoms with Gasteiger partial charge in [0.2, 0.25) is 5.91 Å². The van der Waals surface area contributed by atoms with Crippen molar-refractivity contribution < 1.29 is 9.59 Å². The lowest BCUT2D eigenvalue weighted by atomic mass is 9.92. The van der Waals surface area contributed by atoms with Crippen molar-refractivity contribution in [2.45, 2.75) is 25.3 Å². The smallest absolute Gasteiger partial charge is 0.264 e. The van der Waals surface area contributed by atoms with Gasteiger partial charge in [-0.05, 0) is 35.9 Å². The maximum absolute atomic E-state index is 12.9. The number of benzene rings is 1. The van der Waals surface area contributed by atoms with E-state index in [1.54, 1.807) is 0 Å². The molecule has 2 aromatic heterocycles. The Hall–Kier alpha value is -2.40. The van der Waals surface area contributed by atoms with Gasteiger partial charge in [0.1, 0.15) is 0 Å². The topological polar surface area (TPSA) is 42.3 Å². The monoisotopic (exact) mass is 336 g/mol. The first-order chi connectivity index (χ1) is 11.8. The van der Waals surface area contributed by atoms with Crippen LogP contribution in [0, 0.1) is 0 Å². The molecule has 3 aromatic rings. The van der Waals surface area contributed by atoms with Crippen molar-refractivity contribution in [3.8, 4) is 0 Å². The number of para-hydroxylation sites is 1. The van der Waals surface area contributed by atoms with Crippen molar-refractivity contribution in [1.82, 2.24) is 9.47 Å². The molecule has 5 rings (SSSR count). The SMILES string of the molecule is O=C(c1cccs1)N1CCc2c3n(c4ccccc24)C(=O)CCC31. The molecule has 4 heterocycles. The second kappa shape index (κ2) is 5.05. The predicted molar refractivity (Wildman–Crippen MR) is 93.6 cm³/mol. The van der Waals surface area contributed by atoms with E-state index in [0.29, 0.717) is 6.42 Å². The molecule has 1 aromatic carbocycles. The van der Waals surface area contributed by atoms with Gasteiger partial charge in [-0.25, -0.2) is 0 Å². The highest BCUT2D eigenvalue weighted by Gasteiger charge is 2.39. The third-order valence-corrected chi connectivity index (χ3v) is 6.05. The van der Waals surface area contributed by atoms with Crippen molar-refractivity contribution in [2.75, 3.05) is 6.54 Å². The first-order valence-corrected chi connectivity index (χ1v) is 9.13. The lowest BCUT2D eigenvalue weighted by molar-refractivity contribution is 0.0597. The molecule has 24 heavy (non-hydrogen) atoms. The Balaban J connectivity index is 1.69. The number of amides is 1. The Kier molecular flexibility index (Phi) is 2.94. The Morgan fingerprint density at radius 2 is 2.00 bits per heavy atom.